The highest BCUT2D eigenvalue weighted by Crippen LogP contribution is 2.20. The molecule has 0 aliphatic rings. The van der Waals surface area contributed by atoms with Crippen LogP contribution in [0.15, 0.2) is 17.4 Å². The van der Waals surface area contributed by atoms with Gasteiger partial charge in [0, 0.05) is 0 Å². The highest BCUT2D eigenvalue weighted by Gasteiger charge is 2.13. The first kappa shape index (κ1) is 14.0. The second-order valence-corrected chi connectivity index (χ2v) is 3.84. The summed E-state index contributed by atoms with van der Waals surface area (Å²) in [4.78, 5) is 10.9. The fourth-order valence-electron chi connectivity index (χ4n) is 1.61. The van der Waals surface area contributed by atoms with E-state index in [-0.39, 0.29) is 0 Å². The van der Waals surface area contributed by atoms with Crippen molar-refractivity contribution >= 4 is 5.97 Å². The van der Waals surface area contributed by atoms with Gasteiger partial charge in [0.1, 0.15) is 0 Å². The number of carboxylic acids is 1. The van der Waals surface area contributed by atoms with Crippen molar-refractivity contribution in [2.75, 3.05) is 0 Å². The van der Waals surface area contributed by atoms with E-state index in [1.807, 2.05) is 0 Å². The molecule has 0 aliphatic heterocycles. The van der Waals surface area contributed by atoms with E-state index in [2.05, 4.69) is 19.6 Å². The van der Waals surface area contributed by atoms with Gasteiger partial charge in [-0.1, -0.05) is 39.5 Å². The molecule has 2 nitrogen and oxygen atoms in total. The van der Waals surface area contributed by atoms with E-state index >= 15 is 0 Å². The number of unbranched alkanes of at least 4 members (excludes halogenated alkanes) is 1. The lowest BCUT2D eigenvalue weighted by Gasteiger charge is -2.13. The Morgan fingerprint density at radius 3 is 2.53 bits per heavy atom. The van der Waals surface area contributed by atoms with Gasteiger partial charge in [0.2, 0.25) is 0 Å². The average molecular weight is 210 g/mol. The SMILES string of the molecule is CC=C=C(CC(CC)CCCC)C(=O)O. The maximum absolute atomic E-state index is 10.9. The predicted octanol–water partition coefficient (Wildman–Crippen LogP) is 3.78. The summed E-state index contributed by atoms with van der Waals surface area (Å²) in [6.07, 6.45) is 6.84. The zero-order valence-electron chi connectivity index (χ0n) is 10.0. The molecule has 0 saturated carbocycles. The summed E-state index contributed by atoms with van der Waals surface area (Å²) >= 11 is 0. The minimum atomic E-state index is -0.831. The van der Waals surface area contributed by atoms with Crippen LogP contribution in [0, 0.1) is 5.92 Å². The standard InChI is InChI=1S/C13H22O2/c1-4-7-9-11(6-3)10-12(8-5-2)13(14)15/h5,11H,4,6-7,9-10H2,1-3H3,(H,14,15). The molecule has 0 aromatic carbocycles. The molecule has 86 valence electrons. The van der Waals surface area contributed by atoms with E-state index in [4.69, 9.17) is 5.11 Å². The fourth-order valence-corrected chi connectivity index (χ4v) is 1.61. The van der Waals surface area contributed by atoms with Crippen LogP contribution in [-0.2, 0) is 4.79 Å². The highest BCUT2D eigenvalue weighted by atomic mass is 16.4. The van der Waals surface area contributed by atoms with E-state index in [1.165, 1.54) is 12.8 Å². The van der Waals surface area contributed by atoms with E-state index in [0.717, 1.165) is 12.8 Å². The molecule has 1 unspecified atom stereocenters. The first-order valence-corrected chi connectivity index (χ1v) is 5.79. The number of hydrogen-bond acceptors (Lipinski definition) is 1. The lowest BCUT2D eigenvalue weighted by molar-refractivity contribution is -0.132. The van der Waals surface area contributed by atoms with Crippen molar-refractivity contribution in [3.05, 3.63) is 17.4 Å². The van der Waals surface area contributed by atoms with Crippen LogP contribution in [0.1, 0.15) is 52.9 Å². The van der Waals surface area contributed by atoms with E-state index in [1.54, 1.807) is 13.0 Å². The molecule has 0 rings (SSSR count). The first-order valence-electron chi connectivity index (χ1n) is 5.79. The van der Waals surface area contributed by atoms with Crippen LogP contribution in [0.5, 0.6) is 0 Å². The molecule has 0 amide bonds. The first-order chi connectivity index (χ1) is 7.15. The van der Waals surface area contributed by atoms with E-state index < -0.39 is 5.97 Å². The van der Waals surface area contributed by atoms with Crippen LogP contribution in [0.3, 0.4) is 0 Å². The Morgan fingerprint density at radius 2 is 2.13 bits per heavy atom. The summed E-state index contributed by atoms with van der Waals surface area (Å²) in [7, 11) is 0. The van der Waals surface area contributed by atoms with Crippen LogP contribution in [0.2, 0.25) is 0 Å². The molecule has 0 heterocycles. The van der Waals surface area contributed by atoms with Crippen LogP contribution in [0.4, 0.5) is 0 Å². The topological polar surface area (TPSA) is 37.3 Å². The Morgan fingerprint density at radius 1 is 1.47 bits per heavy atom. The molecule has 0 aromatic heterocycles. The summed E-state index contributed by atoms with van der Waals surface area (Å²) in [6, 6.07) is 0. The Labute approximate surface area is 92.7 Å². The maximum Gasteiger partial charge on any atom is 0.339 e. The van der Waals surface area contributed by atoms with Crippen molar-refractivity contribution in [3.63, 3.8) is 0 Å². The quantitative estimate of drug-likeness (QED) is 0.513. The highest BCUT2D eigenvalue weighted by molar-refractivity contribution is 5.86. The molecule has 0 bridgehead atoms. The van der Waals surface area contributed by atoms with Crippen molar-refractivity contribution in [1.29, 1.82) is 0 Å². The third-order valence-corrected chi connectivity index (χ3v) is 2.61. The average Bonchev–Trinajstić information content (AvgIpc) is 2.22. The molecular formula is C13H22O2. The summed E-state index contributed by atoms with van der Waals surface area (Å²) in [6.45, 7) is 6.08. The lowest BCUT2D eigenvalue weighted by Crippen LogP contribution is -2.07. The van der Waals surface area contributed by atoms with Crippen molar-refractivity contribution in [2.24, 2.45) is 5.92 Å². The Bertz CT molecular complexity index is 247. The second-order valence-electron chi connectivity index (χ2n) is 3.84. The van der Waals surface area contributed by atoms with Crippen LogP contribution in [-0.4, -0.2) is 11.1 Å². The summed E-state index contributed by atoms with van der Waals surface area (Å²) in [5, 5.41) is 8.95. The fraction of sp³-hybridized carbons (Fsp3) is 0.692. The zero-order valence-corrected chi connectivity index (χ0v) is 10.0. The van der Waals surface area contributed by atoms with Crippen LogP contribution in [0.25, 0.3) is 0 Å². The number of rotatable bonds is 7. The lowest BCUT2D eigenvalue weighted by atomic mass is 9.92. The second kappa shape index (κ2) is 8.31. The van der Waals surface area contributed by atoms with Gasteiger partial charge in [-0.05, 0) is 25.3 Å². The number of carboxylic acid groups (broad SMARTS) is 1. The van der Waals surface area contributed by atoms with Crippen molar-refractivity contribution in [2.45, 2.75) is 52.9 Å². The largest absolute Gasteiger partial charge is 0.477 e. The zero-order chi connectivity index (χ0) is 11.7. The normalized spacial score (nSPS) is 11.7. The van der Waals surface area contributed by atoms with Crippen LogP contribution >= 0.6 is 0 Å². The molecule has 1 atom stereocenters. The molecule has 0 aliphatic carbocycles. The van der Waals surface area contributed by atoms with Gasteiger partial charge >= 0.3 is 5.97 Å². The van der Waals surface area contributed by atoms with Gasteiger partial charge in [0.25, 0.3) is 0 Å². The van der Waals surface area contributed by atoms with Gasteiger partial charge in [0.15, 0.2) is 0 Å². The van der Waals surface area contributed by atoms with E-state index in [0.29, 0.717) is 17.9 Å². The van der Waals surface area contributed by atoms with Gasteiger partial charge in [-0.2, -0.15) is 0 Å². The predicted molar refractivity (Wildman–Crippen MR) is 62.8 cm³/mol. The third-order valence-electron chi connectivity index (χ3n) is 2.61. The van der Waals surface area contributed by atoms with Crippen LogP contribution < -0.4 is 0 Å². The monoisotopic (exact) mass is 210 g/mol. The molecule has 0 radical (unpaired) electrons. The molecule has 1 N–H and O–H groups in total. The summed E-state index contributed by atoms with van der Waals surface area (Å²) in [5.41, 5.74) is 3.23. The molecule has 2 heteroatoms. The molecule has 0 spiro atoms. The van der Waals surface area contributed by atoms with Gasteiger partial charge in [-0.3, -0.25) is 0 Å². The Kier molecular flexibility index (Phi) is 7.75. The Balaban J connectivity index is 4.36. The van der Waals surface area contributed by atoms with Gasteiger partial charge < -0.3 is 5.11 Å². The smallest absolute Gasteiger partial charge is 0.339 e. The number of hydrogen-bond donors (Lipinski definition) is 1. The summed E-state index contributed by atoms with van der Waals surface area (Å²) in [5.74, 6) is -0.341. The molecule has 0 aromatic rings. The molecule has 0 saturated heterocycles. The number of carbonyl (C=O) groups is 1. The maximum atomic E-state index is 10.9. The van der Waals surface area contributed by atoms with Gasteiger partial charge in [0.05, 0.1) is 5.57 Å². The Hall–Kier alpha value is -1.01. The number of aliphatic carboxylic acids is 1. The molecule has 15 heavy (non-hydrogen) atoms. The van der Waals surface area contributed by atoms with Crippen molar-refractivity contribution in [3.8, 4) is 0 Å². The summed E-state index contributed by atoms with van der Waals surface area (Å²) < 4.78 is 0. The molecule has 0 fully saturated rings. The van der Waals surface area contributed by atoms with Crippen molar-refractivity contribution < 1.29 is 9.90 Å². The molecular weight excluding hydrogens is 188 g/mol. The minimum Gasteiger partial charge on any atom is -0.477 e. The minimum absolute atomic E-state index is 0.417. The van der Waals surface area contributed by atoms with Crippen molar-refractivity contribution in [1.82, 2.24) is 0 Å². The third kappa shape index (κ3) is 6.14. The van der Waals surface area contributed by atoms with E-state index in [9.17, 15) is 4.79 Å². The van der Waals surface area contributed by atoms with Gasteiger partial charge in [-0.25, -0.2) is 4.79 Å². The van der Waals surface area contributed by atoms with Gasteiger partial charge in [-0.15, -0.1) is 5.73 Å².